The van der Waals surface area contributed by atoms with Crippen LogP contribution in [0.3, 0.4) is 0 Å². The van der Waals surface area contributed by atoms with Gasteiger partial charge in [0.05, 0.1) is 17.6 Å². The van der Waals surface area contributed by atoms with Crippen LogP contribution in [0.2, 0.25) is 0 Å². The van der Waals surface area contributed by atoms with E-state index < -0.39 is 0 Å². The van der Waals surface area contributed by atoms with Crippen molar-refractivity contribution >= 4 is 17.1 Å². The maximum atomic E-state index is 11.7. The van der Waals surface area contributed by atoms with Crippen molar-refractivity contribution in [1.29, 1.82) is 0 Å². The maximum Gasteiger partial charge on any atom is 0.198 e. The Balaban J connectivity index is 2.40. The van der Waals surface area contributed by atoms with E-state index in [1.807, 2.05) is 19.1 Å². The van der Waals surface area contributed by atoms with Crippen molar-refractivity contribution < 1.29 is 14.3 Å². The van der Waals surface area contributed by atoms with E-state index in [2.05, 4.69) is 6.92 Å². The first kappa shape index (κ1) is 13.4. The van der Waals surface area contributed by atoms with Crippen molar-refractivity contribution in [1.82, 2.24) is 0 Å². The number of carbonyl (C=O) groups is 1. The highest BCUT2D eigenvalue weighted by Crippen LogP contribution is 2.17. The number of aryl methyl sites for hydroxylation is 1. The third-order valence-electron chi connectivity index (χ3n) is 2.19. The molecule has 1 rings (SSSR count). The second kappa shape index (κ2) is 6.78. The van der Waals surface area contributed by atoms with E-state index in [1.165, 1.54) is 4.88 Å². The van der Waals surface area contributed by atoms with Crippen LogP contribution in [0.25, 0.3) is 0 Å². The van der Waals surface area contributed by atoms with Crippen LogP contribution in [0.1, 0.15) is 28.4 Å². The molecular weight excluding hydrogens is 224 g/mol. The van der Waals surface area contributed by atoms with E-state index in [9.17, 15) is 4.79 Å². The Morgan fingerprint density at radius 2 is 2.25 bits per heavy atom. The third-order valence-corrected chi connectivity index (χ3v) is 3.46. The van der Waals surface area contributed by atoms with Gasteiger partial charge in [-0.2, -0.15) is 0 Å². The van der Waals surface area contributed by atoms with E-state index in [4.69, 9.17) is 9.47 Å². The van der Waals surface area contributed by atoms with Crippen LogP contribution in [0.5, 0.6) is 0 Å². The van der Waals surface area contributed by atoms with Gasteiger partial charge in [0.2, 0.25) is 0 Å². The lowest BCUT2D eigenvalue weighted by atomic mass is 10.3. The number of carbonyl (C=O) groups excluding carboxylic acids is 1. The van der Waals surface area contributed by atoms with Crippen LogP contribution in [0.4, 0.5) is 0 Å². The van der Waals surface area contributed by atoms with Crippen LogP contribution in [0, 0.1) is 0 Å². The molecular formula is C12H18O3S. The summed E-state index contributed by atoms with van der Waals surface area (Å²) in [4.78, 5) is 13.7. The Morgan fingerprint density at radius 3 is 2.81 bits per heavy atom. The molecule has 0 radical (unpaired) electrons. The molecule has 90 valence electrons. The highest BCUT2D eigenvalue weighted by atomic mass is 32.1. The van der Waals surface area contributed by atoms with Gasteiger partial charge in [0, 0.05) is 12.0 Å². The number of methoxy groups -OCH3 is 1. The summed E-state index contributed by atoms with van der Waals surface area (Å²) in [6, 6.07) is 3.87. The van der Waals surface area contributed by atoms with Crippen molar-refractivity contribution in [2.75, 3.05) is 20.3 Å². The summed E-state index contributed by atoms with van der Waals surface area (Å²) < 4.78 is 10.3. The summed E-state index contributed by atoms with van der Waals surface area (Å²) in [5.41, 5.74) is 0. The fourth-order valence-corrected chi connectivity index (χ4v) is 2.16. The SMILES string of the molecule is CCc1ccc(C(=O)COC(C)COC)s1. The minimum atomic E-state index is -0.0421. The second-order valence-electron chi connectivity index (χ2n) is 3.62. The van der Waals surface area contributed by atoms with Crippen molar-refractivity contribution in [2.24, 2.45) is 0 Å². The third kappa shape index (κ3) is 4.04. The topological polar surface area (TPSA) is 35.5 Å². The van der Waals surface area contributed by atoms with E-state index in [1.54, 1.807) is 18.4 Å². The number of hydrogen-bond acceptors (Lipinski definition) is 4. The maximum absolute atomic E-state index is 11.7. The van der Waals surface area contributed by atoms with E-state index in [-0.39, 0.29) is 18.5 Å². The molecule has 1 atom stereocenters. The summed E-state index contributed by atoms with van der Waals surface area (Å²) in [7, 11) is 1.62. The molecule has 0 aliphatic rings. The summed E-state index contributed by atoms with van der Waals surface area (Å²) in [5.74, 6) is 0.0488. The zero-order valence-corrected chi connectivity index (χ0v) is 10.8. The lowest BCUT2D eigenvalue weighted by molar-refractivity contribution is 0.0127. The molecule has 0 saturated carbocycles. The molecule has 16 heavy (non-hydrogen) atoms. The number of ether oxygens (including phenoxy) is 2. The zero-order chi connectivity index (χ0) is 12.0. The second-order valence-corrected chi connectivity index (χ2v) is 4.79. The Bertz CT molecular complexity index is 333. The predicted molar refractivity (Wildman–Crippen MR) is 65.3 cm³/mol. The van der Waals surface area contributed by atoms with Gasteiger partial charge in [-0.1, -0.05) is 6.92 Å². The van der Waals surface area contributed by atoms with Gasteiger partial charge in [0.25, 0.3) is 0 Å². The van der Waals surface area contributed by atoms with E-state index in [0.717, 1.165) is 11.3 Å². The Kier molecular flexibility index (Phi) is 5.66. The molecule has 1 aromatic heterocycles. The highest BCUT2D eigenvalue weighted by molar-refractivity contribution is 7.14. The first-order valence-electron chi connectivity index (χ1n) is 5.39. The minimum Gasteiger partial charge on any atom is -0.382 e. The molecule has 1 aromatic rings. The predicted octanol–water partition coefficient (Wildman–Crippen LogP) is 2.54. The number of ketones is 1. The van der Waals surface area contributed by atoms with E-state index >= 15 is 0 Å². The molecule has 0 aromatic carbocycles. The smallest absolute Gasteiger partial charge is 0.198 e. The van der Waals surface area contributed by atoms with Crippen molar-refractivity contribution in [3.63, 3.8) is 0 Å². The molecule has 0 bridgehead atoms. The molecule has 0 spiro atoms. The van der Waals surface area contributed by atoms with E-state index in [0.29, 0.717) is 6.61 Å². The Hall–Kier alpha value is -0.710. The Morgan fingerprint density at radius 1 is 1.50 bits per heavy atom. The number of rotatable bonds is 7. The monoisotopic (exact) mass is 242 g/mol. The van der Waals surface area contributed by atoms with Crippen LogP contribution in [-0.4, -0.2) is 32.2 Å². The molecule has 0 saturated heterocycles. The fraction of sp³-hybridized carbons (Fsp3) is 0.583. The van der Waals surface area contributed by atoms with Crippen LogP contribution >= 0.6 is 11.3 Å². The van der Waals surface area contributed by atoms with Crippen molar-refractivity contribution in [3.05, 3.63) is 21.9 Å². The molecule has 0 aliphatic heterocycles. The molecule has 3 nitrogen and oxygen atoms in total. The number of hydrogen-bond donors (Lipinski definition) is 0. The van der Waals surface area contributed by atoms with Crippen LogP contribution in [-0.2, 0) is 15.9 Å². The molecule has 4 heteroatoms. The normalized spacial score (nSPS) is 12.7. The number of thiophene rings is 1. The summed E-state index contributed by atoms with van der Waals surface area (Å²) in [6.07, 6.45) is 0.929. The fourth-order valence-electron chi connectivity index (χ4n) is 1.29. The summed E-state index contributed by atoms with van der Waals surface area (Å²) in [6.45, 7) is 4.62. The van der Waals surface area contributed by atoms with Gasteiger partial charge in [-0.25, -0.2) is 0 Å². The highest BCUT2D eigenvalue weighted by Gasteiger charge is 2.11. The molecule has 1 heterocycles. The first-order valence-corrected chi connectivity index (χ1v) is 6.21. The van der Waals surface area contributed by atoms with Gasteiger partial charge in [-0.05, 0) is 25.5 Å². The summed E-state index contributed by atoms with van der Waals surface area (Å²) in [5, 5.41) is 0. The lowest BCUT2D eigenvalue weighted by Gasteiger charge is -2.10. The molecule has 0 fully saturated rings. The van der Waals surface area contributed by atoms with Crippen LogP contribution in [0.15, 0.2) is 12.1 Å². The van der Waals surface area contributed by atoms with Gasteiger partial charge < -0.3 is 9.47 Å². The largest absolute Gasteiger partial charge is 0.382 e. The molecule has 0 amide bonds. The quantitative estimate of drug-likeness (QED) is 0.689. The van der Waals surface area contributed by atoms with Gasteiger partial charge in [-0.3, -0.25) is 4.79 Å². The van der Waals surface area contributed by atoms with Crippen LogP contribution < -0.4 is 0 Å². The minimum absolute atomic E-state index is 0.0421. The van der Waals surface area contributed by atoms with Gasteiger partial charge in [0.15, 0.2) is 5.78 Å². The van der Waals surface area contributed by atoms with Crippen molar-refractivity contribution in [2.45, 2.75) is 26.4 Å². The first-order chi connectivity index (χ1) is 7.67. The molecule has 1 unspecified atom stereocenters. The van der Waals surface area contributed by atoms with Crippen molar-refractivity contribution in [3.8, 4) is 0 Å². The number of Topliss-reactive ketones (excluding diaryl/α,β-unsaturated/α-hetero) is 1. The molecule has 0 N–H and O–H groups in total. The summed E-state index contributed by atoms with van der Waals surface area (Å²) >= 11 is 1.55. The zero-order valence-electron chi connectivity index (χ0n) is 9.99. The van der Waals surface area contributed by atoms with Gasteiger partial charge >= 0.3 is 0 Å². The average molecular weight is 242 g/mol. The molecule has 0 aliphatic carbocycles. The van der Waals surface area contributed by atoms with Gasteiger partial charge in [-0.15, -0.1) is 11.3 Å². The standard InChI is InChI=1S/C12H18O3S/c1-4-10-5-6-12(16-10)11(13)8-15-9(2)7-14-3/h5-6,9H,4,7-8H2,1-3H3. The average Bonchev–Trinajstić information content (AvgIpc) is 2.75. The Labute approximate surface area is 100 Å². The lowest BCUT2D eigenvalue weighted by Crippen LogP contribution is -2.19. The van der Waals surface area contributed by atoms with Gasteiger partial charge in [0.1, 0.15) is 6.61 Å².